The third-order valence-corrected chi connectivity index (χ3v) is 14.0. The standard InChI is InChI=1S/C57H47N/c1-35(2)54-43-21-11-15-25-47(43)57(45-23-13-9-19-40(45)41-20-10-14-24-46(41)57)51(54)32-36(3)37-28-31-53-50(33-37)56(6,7)48-26-16-17-27-52(48)58(53)38-29-30-42-39-18-8-12-22-44(39)55(4,5)49(42)34-38/h8-34H,1H2,2-7H3. The lowest BCUT2D eigenvalue weighted by Gasteiger charge is -2.42. The monoisotopic (exact) mass is 745 g/mol. The van der Waals surface area contributed by atoms with Gasteiger partial charge in [-0.1, -0.05) is 173 Å². The first-order valence-corrected chi connectivity index (χ1v) is 20.7. The van der Waals surface area contributed by atoms with E-state index in [2.05, 4.69) is 217 Å². The van der Waals surface area contributed by atoms with Crippen LogP contribution in [0.25, 0.3) is 33.4 Å². The highest BCUT2D eigenvalue weighted by molar-refractivity contribution is 6.00. The molecule has 0 aromatic heterocycles. The fourth-order valence-electron chi connectivity index (χ4n) is 11.3. The van der Waals surface area contributed by atoms with Gasteiger partial charge in [0.2, 0.25) is 0 Å². The number of benzene rings is 7. The van der Waals surface area contributed by atoms with Crippen LogP contribution in [0.1, 0.15) is 91.6 Å². The minimum atomic E-state index is -0.441. The molecule has 1 aliphatic heterocycles. The SMILES string of the molecule is C=C(C)C1=C(C=C(C)c2ccc3c(c2)C(C)(C)c2ccccc2N3c2ccc3c(c2)C(C)(C)c2ccccc2-3)C2(c3ccccc31)c1ccccc1-c1ccccc12. The van der Waals surface area contributed by atoms with Gasteiger partial charge in [0, 0.05) is 16.5 Å². The van der Waals surface area contributed by atoms with Gasteiger partial charge in [0.15, 0.2) is 0 Å². The highest BCUT2D eigenvalue weighted by Gasteiger charge is 2.52. The van der Waals surface area contributed by atoms with Crippen LogP contribution in [-0.4, -0.2) is 0 Å². The Morgan fingerprint density at radius 3 is 1.59 bits per heavy atom. The average molecular weight is 746 g/mol. The molecule has 7 aromatic carbocycles. The Hall–Kier alpha value is -6.44. The van der Waals surface area contributed by atoms with Crippen molar-refractivity contribution in [1.82, 2.24) is 0 Å². The van der Waals surface area contributed by atoms with E-state index in [0.717, 1.165) is 5.57 Å². The maximum atomic E-state index is 4.62. The van der Waals surface area contributed by atoms with Crippen molar-refractivity contribution in [3.8, 4) is 22.3 Å². The summed E-state index contributed by atoms with van der Waals surface area (Å²) in [6.07, 6.45) is 2.49. The van der Waals surface area contributed by atoms with Crippen molar-refractivity contribution in [2.24, 2.45) is 0 Å². The first kappa shape index (κ1) is 34.8. The van der Waals surface area contributed by atoms with Gasteiger partial charge in [-0.3, -0.25) is 0 Å². The molecule has 280 valence electrons. The molecule has 1 nitrogen and oxygen atoms in total. The number of hydrogen-bond donors (Lipinski definition) is 0. The summed E-state index contributed by atoms with van der Waals surface area (Å²) in [6.45, 7) is 18.6. The first-order valence-electron chi connectivity index (χ1n) is 20.7. The third kappa shape index (κ3) is 4.42. The Morgan fingerprint density at radius 1 is 0.466 bits per heavy atom. The minimum absolute atomic E-state index is 0.0833. The number of anilines is 3. The van der Waals surface area contributed by atoms with Crippen molar-refractivity contribution in [2.75, 3.05) is 4.90 Å². The van der Waals surface area contributed by atoms with Crippen LogP contribution in [0, 0.1) is 0 Å². The van der Waals surface area contributed by atoms with Crippen molar-refractivity contribution >= 4 is 28.2 Å². The number of fused-ring (bicyclic) bond motifs is 12. The molecule has 0 amide bonds. The van der Waals surface area contributed by atoms with Crippen LogP contribution in [0.15, 0.2) is 182 Å². The van der Waals surface area contributed by atoms with Crippen LogP contribution < -0.4 is 4.90 Å². The lowest BCUT2D eigenvalue weighted by atomic mass is 9.69. The van der Waals surface area contributed by atoms with Crippen LogP contribution in [0.2, 0.25) is 0 Å². The van der Waals surface area contributed by atoms with Gasteiger partial charge in [0.1, 0.15) is 0 Å². The first-order chi connectivity index (χ1) is 28.0. The highest BCUT2D eigenvalue weighted by atomic mass is 15.2. The van der Waals surface area contributed by atoms with Crippen LogP contribution in [0.4, 0.5) is 17.1 Å². The summed E-state index contributed by atoms with van der Waals surface area (Å²) in [4.78, 5) is 2.51. The summed E-state index contributed by atoms with van der Waals surface area (Å²) in [5, 5.41) is 0. The Morgan fingerprint density at radius 2 is 0.948 bits per heavy atom. The largest absolute Gasteiger partial charge is 0.310 e. The lowest BCUT2D eigenvalue weighted by Crippen LogP contribution is -2.31. The zero-order chi connectivity index (χ0) is 39.7. The van der Waals surface area contributed by atoms with Crippen molar-refractivity contribution in [3.63, 3.8) is 0 Å². The van der Waals surface area contributed by atoms with Gasteiger partial charge in [-0.15, -0.1) is 0 Å². The van der Waals surface area contributed by atoms with E-state index in [4.69, 9.17) is 0 Å². The highest BCUT2D eigenvalue weighted by Crippen LogP contribution is 2.63. The van der Waals surface area contributed by atoms with Gasteiger partial charge in [0.25, 0.3) is 0 Å². The second-order valence-electron chi connectivity index (χ2n) is 17.9. The summed E-state index contributed by atoms with van der Waals surface area (Å²) in [5.41, 5.74) is 25.1. The van der Waals surface area contributed by atoms with E-state index < -0.39 is 5.41 Å². The maximum absolute atomic E-state index is 4.62. The minimum Gasteiger partial charge on any atom is -0.310 e. The van der Waals surface area contributed by atoms with Crippen LogP contribution in [-0.2, 0) is 16.2 Å². The molecule has 4 aliphatic rings. The second-order valence-corrected chi connectivity index (χ2v) is 17.9. The molecule has 58 heavy (non-hydrogen) atoms. The molecule has 0 radical (unpaired) electrons. The van der Waals surface area contributed by atoms with Crippen LogP contribution >= 0.6 is 0 Å². The summed E-state index contributed by atoms with van der Waals surface area (Å²) in [5.74, 6) is 0. The Kier molecular flexibility index (Phi) is 7.22. The normalized spacial score (nSPS) is 16.9. The second kappa shape index (κ2) is 12.0. The number of nitrogens with zero attached hydrogens (tertiary/aromatic N) is 1. The van der Waals surface area contributed by atoms with Gasteiger partial charge in [0.05, 0.1) is 16.8 Å². The van der Waals surface area contributed by atoms with Gasteiger partial charge in [-0.25, -0.2) is 0 Å². The quantitative estimate of drug-likeness (QED) is 0.173. The zero-order valence-corrected chi connectivity index (χ0v) is 34.2. The van der Waals surface area contributed by atoms with Gasteiger partial charge >= 0.3 is 0 Å². The van der Waals surface area contributed by atoms with E-state index in [0.29, 0.717) is 0 Å². The molecule has 1 heteroatoms. The predicted octanol–water partition coefficient (Wildman–Crippen LogP) is 14.9. The van der Waals surface area contributed by atoms with E-state index in [1.807, 2.05) is 0 Å². The molecule has 0 atom stereocenters. The van der Waals surface area contributed by atoms with E-state index in [9.17, 15) is 0 Å². The molecule has 1 heterocycles. The summed E-state index contributed by atoms with van der Waals surface area (Å²) < 4.78 is 0. The number of para-hydroxylation sites is 1. The topological polar surface area (TPSA) is 3.24 Å². The molecule has 0 saturated heterocycles. The molecule has 7 aromatic rings. The number of allylic oxidation sites excluding steroid dienone is 5. The summed E-state index contributed by atoms with van der Waals surface area (Å²) >= 11 is 0. The fourth-order valence-corrected chi connectivity index (χ4v) is 11.3. The molecule has 0 unspecified atom stereocenters. The van der Waals surface area contributed by atoms with Gasteiger partial charge in [-0.05, 0) is 133 Å². The molecule has 11 rings (SSSR count). The Labute approximate surface area is 343 Å². The smallest absolute Gasteiger partial charge is 0.0725 e. The zero-order valence-electron chi connectivity index (χ0n) is 34.2. The van der Waals surface area contributed by atoms with E-state index in [1.165, 1.54) is 106 Å². The Bertz CT molecular complexity index is 2950. The van der Waals surface area contributed by atoms with E-state index in [1.54, 1.807) is 0 Å². The number of rotatable bonds is 4. The fraction of sp³-hybridized carbons (Fsp3) is 0.158. The van der Waals surface area contributed by atoms with Crippen molar-refractivity contribution in [2.45, 2.75) is 57.8 Å². The van der Waals surface area contributed by atoms with Gasteiger partial charge < -0.3 is 4.90 Å². The average Bonchev–Trinajstić information content (AvgIpc) is 3.79. The van der Waals surface area contributed by atoms with Crippen molar-refractivity contribution in [3.05, 3.63) is 232 Å². The molecule has 0 N–H and O–H groups in total. The molecule has 0 saturated carbocycles. The molecule has 3 aliphatic carbocycles. The summed E-state index contributed by atoms with van der Waals surface area (Å²) in [6, 6.07) is 59.3. The van der Waals surface area contributed by atoms with Crippen LogP contribution in [0.3, 0.4) is 0 Å². The molecule has 0 fully saturated rings. The number of hydrogen-bond acceptors (Lipinski definition) is 1. The van der Waals surface area contributed by atoms with Gasteiger partial charge in [-0.2, -0.15) is 0 Å². The molecule has 0 bridgehead atoms. The predicted molar refractivity (Wildman–Crippen MR) is 244 cm³/mol. The lowest BCUT2D eigenvalue weighted by molar-refractivity contribution is 0.631. The molecule has 1 spiro atoms. The van der Waals surface area contributed by atoms with E-state index >= 15 is 0 Å². The van der Waals surface area contributed by atoms with Crippen molar-refractivity contribution < 1.29 is 0 Å². The van der Waals surface area contributed by atoms with Crippen LogP contribution in [0.5, 0.6) is 0 Å². The Balaban J connectivity index is 1.10. The molecular formula is C57H47N. The maximum Gasteiger partial charge on any atom is 0.0725 e. The van der Waals surface area contributed by atoms with Crippen molar-refractivity contribution in [1.29, 1.82) is 0 Å². The van der Waals surface area contributed by atoms with E-state index in [-0.39, 0.29) is 10.8 Å². The summed E-state index contributed by atoms with van der Waals surface area (Å²) in [7, 11) is 0. The third-order valence-electron chi connectivity index (χ3n) is 14.0. The molecular weight excluding hydrogens is 699 g/mol.